The Balaban J connectivity index is 3.48. The van der Waals surface area contributed by atoms with Gasteiger partial charge in [-0.25, -0.2) is 4.79 Å². The second-order valence-corrected chi connectivity index (χ2v) is 6.96. The monoisotopic (exact) mass is 289 g/mol. The molecule has 0 N–H and O–H groups in total. The zero-order valence-corrected chi connectivity index (χ0v) is 13.8. The average Bonchev–Trinajstić information content (AvgIpc) is 2.78. The number of esters is 1. The minimum absolute atomic E-state index is 0.0311. The van der Waals surface area contributed by atoms with Gasteiger partial charge in [0.1, 0.15) is 11.6 Å². The molecule has 1 aromatic heterocycles. The summed E-state index contributed by atoms with van der Waals surface area (Å²) in [5.74, 6) is -0.638. The van der Waals surface area contributed by atoms with Gasteiger partial charge in [0.05, 0.1) is 18.3 Å². The van der Waals surface area contributed by atoms with Crippen molar-refractivity contribution in [3.8, 4) is 6.07 Å². The summed E-state index contributed by atoms with van der Waals surface area (Å²) in [4.78, 5) is 11.6. The molecule has 0 saturated heterocycles. The fraction of sp³-hybridized carbons (Fsp3) is 0.562. The van der Waals surface area contributed by atoms with Gasteiger partial charge >= 0.3 is 5.97 Å². The van der Waals surface area contributed by atoms with Crippen LogP contribution in [-0.2, 0) is 20.5 Å². The van der Waals surface area contributed by atoms with Crippen LogP contribution in [0.25, 0.3) is 6.08 Å². The molecular formula is C16H23N3O2. The average molecular weight is 289 g/mol. The molecular weight excluding hydrogens is 266 g/mol. The molecule has 1 aromatic rings. The van der Waals surface area contributed by atoms with Gasteiger partial charge in [-0.1, -0.05) is 20.8 Å². The lowest BCUT2D eigenvalue weighted by atomic mass is 9.89. The second kappa shape index (κ2) is 5.72. The summed E-state index contributed by atoms with van der Waals surface area (Å²) in [7, 11) is 1.26. The normalized spacial score (nSPS) is 13.0. The molecule has 0 saturated carbocycles. The maximum Gasteiger partial charge on any atom is 0.348 e. The summed E-state index contributed by atoms with van der Waals surface area (Å²) in [6.07, 6.45) is 3.41. The van der Waals surface area contributed by atoms with E-state index in [9.17, 15) is 4.79 Å². The lowest BCUT2D eigenvalue weighted by molar-refractivity contribution is -0.135. The number of hydrogen-bond acceptors (Lipinski definition) is 4. The van der Waals surface area contributed by atoms with Crippen LogP contribution in [0.3, 0.4) is 0 Å². The summed E-state index contributed by atoms with van der Waals surface area (Å²) in [6.45, 7) is 12.3. The van der Waals surface area contributed by atoms with Gasteiger partial charge in [0.15, 0.2) is 0 Å². The van der Waals surface area contributed by atoms with Crippen LogP contribution < -0.4 is 0 Å². The van der Waals surface area contributed by atoms with Crippen LogP contribution in [0.2, 0.25) is 0 Å². The van der Waals surface area contributed by atoms with Gasteiger partial charge in [-0.2, -0.15) is 10.4 Å². The van der Waals surface area contributed by atoms with Crippen LogP contribution in [0.5, 0.6) is 0 Å². The Morgan fingerprint density at radius 3 is 2.29 bits per heavy atom. The SMILES string of the molecule is COC(=O)/C(C#N)=C\c1cn(C(C)(C)C)nc1C(C)(C)C. The molecule has 0 amide bonds. The van der Waals surface area contributed by atoms with Crippen molar-refractivity contribution in [2.75, 3.05) is 7.11 Å². The van der Waals surface area contributed by atoms with E-state index in [1.165, 1.54) is 7.11 Å². The molecule has 0 aliphatic heterocycles. The molecule has 1 heterocycles. The Hall–Kier alpha value is -2.09. The number of methoxy groups -OCH3 is 1. The van der Waals surface area contributed by atoms with Gasteiger partial charge in [-0.3, -0.25) is 4.68 Å². The fourth-order valence-electron chi connectivity index (χ4n) is 1.82. The number of nitriles is 1. The minimum Gasteiger partial charge on any atom is -0.465 e. The largest absolute Gasteiger partial charge is 0.465 e. The summed E-state index contributed by atoms with van der Waals surface area (Å²) in [6, 6.07) is 1.88. The Bertz CT molecular complexity index is 605. The molecule has 0 aliphatic rings. The predicted molar refractivity (Wildman–Crippen MR) is 81.5 cm³/mol. The lowest BCUT2D eigenvalue weighted by Gasteiger charge is -2.20. The van der Waals surface area contributed by atoms with Gasteiger partial charge in [-0.15, -0.1) is 0 Å². The van der Waals surface area contributed by atoms with E-state index in [4.69, 9.17) is 5.26 Å². The highest BCUT2D eigenvalue weighted by atomic mass is 16.5. The number of carbonyl (C=O) groups is 1. The maximum absolute atomic E-state index is 11.6. The number of carbonyl (C=O) groups excluding carboxylic acids is 1. The van der Waals surface area contributed by atoms with E-state index in [0.29, 0.717) is 0 Å². The van der Waals surface area contributed by atoms with Crippen LogP contribution in [0.4, 0.5) is 0 Å². The van der Waals surface area contributed by atoms with Crippen LogP contribution in [0.1, 0.15) is 52.8 Å². The fourth-order valence-corrected chi connectivity index (χ4v) is 1.82. The van der Waals surface area contributed by atoms with E-state index >= 15 is 0 Å². The first-order chi connectivity index (χ1) is 9.50. The lowest BCUT2D eigenvalue weighted by Crippen LogP contribution is -2.23. The van der Waals surface area contributed by atoms with Crippen LogP contribution in [0, 0.1) is 11.3 Å². The summed E-state index contributed by atoms with van der Waals surface area (Å²) in [5.41, 5.74) is 1.20. The molecule has 114 valence electrons. The second-order valence-electron chi connectivity index (χ2n) is 6.96. The third-order valence-corrected chi connectivity index (χ3v) is 2.97. The van der Waals surface area contributed by atoms with Gasteiger partial charge in [0, 0.05) is 17.2 Å². The highest BCUT2D eigenvalue weighted by molar-refractivity contribution is 5.97. The maximum atomic E-state index is 11.6. The first kappa shape index (κ1) is 17.0. The van der Waals surface area contributed by atoms with Crippen molar-refractivity contribution >= 4 is 12.0 Å². The molecule has 0 aromatic carbocycles. The highest BCUT2D eigenvalue weighted by Crippen LogP contribution is 2.28. The summed E-state index contributed by atoms with van der Waals surface area (Å²) >= 11 is 0. The van der Waals surface area contributed by atoms with Crippen molar-refractivity contribution in [1.29, 1.82) is 5.26 Å². The van der Waals surface area contributed by atoms with Crippen LogP contribution >= 0.6 is 0 Å². The first-order valence-electron chi connectivity index (χ1n) is 6.81. The third kappa shape index (κ3) is 3.94. The highest BCUT2D eigenvalue weighted by Gasteiger charge is 2.25. The van der Waals surface area contributed by atoms with Crippen molar-refractivity contribution in [1.82, 2.24) is 9.78 Å². The molecule has 0 unspecified atom stereocenters. The van der Waals surface area contributed by atoms with Gasteiger partial charge in [0.25, 0.3) is 0 Å². The molecule has 0 fully saturated rings. The molecule has 1 rings (SSSR count). The van der Waals surface area contributed by atoms with Crippen molar-refractivity contribution < 1.29 is 9.53 Å². The van der Waals surface area contributed by atoms with Crippen LogP contribution in [0.15, 0.2) is 11.8 Å². The van der Waals surface area contributed by atoms with Crippen molar-refractivity contribution in [2.24, 2.45) is 0 Å². The third-order valence-electron chi connectivity index (χ3n) is 2.97. The topological polar surface area (TPSA) is 67.9 Å². The minimum atomic E-state index is -0.638. The molecule has 0 aliphatic carbocycles. The Morgan fingerprint density at radius 2 is 1.90 bits per heavy atom. The quantitative estimate of drug-likeness (QED) is 0.477. The molecule has 5 heteroatoms. The number of ether oxygens (including phenoxy) is 1. The molecule has 0 radical (unpaired) electrons. The van der Waals surface area contributed by atoms with Gasteiger partial charge in [0.2, 0.25) is 0 Å². The number of rotatable bonds is 2. The van der Waals surface area contributed by atoms with Gasteiger partial charge < -0.3 is 4.74 Å². The molecule has 0 bridgehead atoms. The summed E-state index contributed by atoms with van der Waals surface area (Å²) < 4.78 is 6.47. The van der Waals surface area contributed by atoms with E-state index in [1.807, 2.05) is 58.5 Å². The zero-order valence-electron chi connectivity index (χ0n) is 13.8. The van der Waals surface area contributed by atoms with Gasteiger partial charge in [-0.05, 0) is 26.8 Å². The summed E-state index contributed by atoms with van der Waals surface area (Å²) in [5, 5.41) is 13.7. The van der Waals surface area contributed by atoms with Crippen molar-refractivity contribution in [3.63, 3.8) is 0 Å². The van der Waals surface area contributed by atoms with E-state index in [2.05, 4.69) is 9.84 Å². The van der Waals surface area contributed by atoms with E-state index < -0.39 is 5.97 Å². The number of hydrogen-bond donors (Lipinski definition) is 0. The molecule has 5 nitrogen and oxygen atoms in total. The van der Waals surface area contributed by atoms with E-state index in [0.717, 1.165) is 11.3 Å². The van der Waals surface area contributed by atoms with Crippen molar-refractivity contribution in [2.45, 2.75) is 52.5 Å². The standard InChI is InChI=1S/C16H23N3O2/c1-15(2,3)13-12(8-11(9-17)14(20)21-7)10-19(18-13)16(4,5)6/h8,10H,1-7H3/b11-8-. The zero-order chi connectivity index (χ0) is 16.4. The Morgan fingerprint density at radius 1 is 1.33 bits per heavy atom. The number of nitrogens with zero attached hydrogens (tertiary/aromatic N) is 3. The van der Waals surface area contributed by atoms with Crippen molar-refractivity contribution in [3.05, 3.63) is 23.0 Å². The Kier molecular flexibility index (Phi) is 4.62. The van der Waals surface area contributed by atoms with E-state index in [1.54, 1.807) is 6.08 Å². The Labute approximate surface area is 126 Å². The van der Waals surface area contributed by atoms with Crippen LogP contribution in [-0.4, -0.2) is 22.9 Å². The van der Waals surface area contributed by atoms with E-state index in [-0.39, 0.29) is 16.5 Å². The molecule has 21 heavy (non-hydrogen) atoms. The molecule has 0 spiro atoms. The smallest absolute Gasteiger partial charge is 0.348 e. The predicted octanol–water partition coefficient (Wildman–Crippen LogP) is 3.02. The first-order valence-corrected chi connectivity index (χ1v) is 6.81. The molecule has 0 atom stereocenters. The number of aromatic nitrogens is 2.